The van der Waals surface area contributed by atoms with Crippen molar-refractivity contribution in [1.29, 1.82) is 0 Å². The Kier molecular flexibility index (Phi) is 4.76. The van der Waals surface area contributed by atoms with Crippen LogP contribution in [0.1, 0.15) is 56.2 Å². The first-order chi connectivity index (χ1) is 14.7. The quantitative estimate of drug-likeness (QED) is 0.491. The molecule has 4 fully saturated rings. The van der Waals surface area contributed by atoms with Gasteiger partial charge >= 0.3 is 5.82 Å². The van der Waals surface area contributed by atoms with Gasteiger partial charge in [-0.2, -0.15) is 9.78 Å². The SMILES string of the molecule is Cc1c(CNC(=O)CC23CC4CC(C2)CC(n2cc(Br)c([N+](=O)[O-])n2)(C4)C3)cnn1C. The van der Waals surface area contributed by atoms with Gasteiger partial charge in [-0.3, -0.25) is 9.48 Å². The fourth-order valence-corrected chi connectivity index (χ4v) is 7.32. The Morgan fingerprint density at radius 3 is 2.65 bits per heavy atom. The summed E-state index contributed by atoms with van der Waals surface area (Å²) in [5.41, 5.74) is 1.82. The monoisotopic (exact) mass is 490 g/mol. The molecule has 166 valence electrons. The fourth-order valence-electron chi connectivity index (χ4n) is 6.90. The first kappa shape index (κ1) is 20.7. The van der Waals surface area contributed by atoms with Crippen molar-refractivity contribution in [2.45, 2.75) is 64.0 Å². The summed E-state index contributed by atoms with van der Waals surface area (Å²) >= 11 is 3.31. The number of nitrogens with one attached hydrogen (secondary N) is 1. The van der Waals surface area contributed by atoms with Gasteiger partial charge in [0.15, 0.2) is 0 Å². The van der Waals surface area contributed by atoms with Crippen molar-refractivity contribution in [2.75, 3.05) is 0 Å². The third-order valence-electron chi connectivity index (χ3n) is 7.81. The molecule has 4 saturated carbocycles. The molecule has 0 saturated heterocycles. The molecule has 10 heteroatoms. The molecule has 4 aliphatic rings. The van der Waals surface area contributed by atoms with E-state index in [1.54, 1.807) is 12.4 Å². The second-order valence-electron chi connectivity index (χ2n) is 10.0. The Balaban J connectivity index is 1.35. The summed E-state index contributed by atoms with van der Waals surface area (Å²) in [6, 6.07) is 0. The minimum absolute atomic E-state index is 0.0502. The lowest BCUT2D eigenvalue weighted by Gasteiger charge is -2.61. The van der Waals surface area contributed by atoms with E-state index in [2.05, 4.69) is 31.4 Å². The molecule has 31 heavy (non-hydrogen) atoms. The fraction of sp³-hybridized carbons (Fsp3) is 0.667. The molecule has 4 aliphatic carbocycles. The summed E-state index contributed by atoms with van der Waals surface area (Å²) in [4.78, 5) is 23.8. The Morgan fingerprint density at radius 2 is 2.06 bits per heavy atom. The molecule has 0 spiro atoms. The van der Waals surface area contributed by atoms with Gasteiger partial charge < -0.3 is 15.4 Å². The van der Waals surface area contributed by atoms with E-state index < -0.39 is 4.92 Å². The summed E-state index contributed by atoms with van der Waals surface area (Å²) < 4.78 is 4.08. The Labute approximate surface area is 188 Å². The summed E-state index contributed by atoms with van der Waals surface area (Å²) in [7, 11) is 1.90. The number of nitro groups is 1. The van der Waals surface area contributed by atoms with Crippen LogP contribution in [0.2, 0.25) is 0 Å². The van der Waals surface area contributed by atoms with E-state index in [4.69, 9.17) is 0 Å². The summed E-state index contributed by atoms with van der Waals surface area (Å²) in [6.07, 6.45) is 10.3. The van der Waals surface area contributed by atoms with Crippen LogP contribution in [0, 0.1) is 34.3 Å². The molecule has 1 N–H and O–H groups in total. The summed E-state index contributed by atoms with van der Waals surface area (Å²) in [6.45, 7) is 2.49. The summed E-state index contributed by atoms with van der Waals surface area (Å²) in [5, 5.41) is 23.0. The molecule has 1 amide bonds. The normalized spacial score (nSPS) is 31.2. The van der Waals surface area contributed by atoms with Gasteiger partial charge in [-0.15, -0.1) is 0 Å². The highest BCUT2D eigenvalue weighted by Crippen LogP contribution is 2.65. The van der Waals surface area contributed by atoms with Crippen molar-refractivity contribution >= 4 is 27.7 Å². The lowest BCUT2D eigenvalue weighted by Crippen LogP contribution is -2.57. The number of nitrogens with zero attached hydrogens (tertiary/aromatic N) is 5. The molecule has 2 aromatic heterocycles. The van der Waals surface area contributed by atoms with Crippen LogP contribution in [0.25, 0.3) is 0 Å². The Morgan fingerprint density at radius 1 is 1.35 bits per heavy atom. The van der Waals surface area contributed by atoms with E-state index in [1.165, 1.54) is 6.42 Å². The first-order valence-corrected chi connectivity index (χ1v) is 11.6. The van der Waals surface area contributed by atoms with Gasteiger partial charge in [-0.25, -0.2) is 0 Å². The molecular formula is C21H27BrN6O3. The van der Waals surface area contributed by atoms with Gasteiger partial charge in [-0.1, -0.05) is 0 Å². The van der Waals surface area contributed by atoms with Crippen LogP contribution in [0.4, 0.5) is 5.82 Å². The van der Waals surface area contributed by atoms with Crippen molar-refractivity contribution in [2.24, 2.45) is 24.3 Å². The van der Waals surface area contributed by atoms with Crippen LogP contribution in [0.5, 0.6) is 0 Å². The molecule has 4 bridgehead atoms. The van der Waals surface area contributed by atoms with Gasteiger partial charge in [0.05, 0.1) is 23.0 Å². The molecule has 2 heterocycles. The average molecular weight is 491 g/mol. The van der Waals surface area contributed by atoms with Crippen LogP contribution < -0.4 is 5.32 Å². The van der Waals surface area contributed by atoms with Gasteiger partial charge in [0.2, 0.25) is 5.91 Å². The maximum Gasteiger partial charge on any atom is 0.404 e. The highest BCUT2D eigenvalue weighted by atomic mass is 79.9. The van der Waals surface area contributed by atoms with Crippen molar-refractivity contribution in [3.8, 4) is 0 Å². The zero-order valence-electron chi connectivity index (χ0n) is 17.8. The third-order valence-corrected chi connectivity index (χ3v) is 8.37. The minimum Gasteiger partial charge on any atom is -0.358 e. The van der Waals surface area contributed by atoms with Gasteiger partial charge in [0.1, 0.15) is 4.47 Å². The average Bonchev–Trinajstić information content (AvgIpc) is 3.22. The van der Waals surface area contributed by atoms with Crippen molar-refractivity contribution < 1.29 is 9.72 Å². The zero-order chi connectivity index (χ0) is 22.0. The topological polar surface area (TPSA) is 108 Å². The number of carbonyl (C=O) groups excluding carboxylic acids is 1. The molecule has 0 aliphatic heterocycles. The van der Waals surface area contributed by atoms with Crippen molar-refractivity contribution in [3.63, 3.8) is 0 Å². The third kappa shape index (κ3) is 3.48. The number of aryl methyl sites for hydroxylation is 1. The highest BCUT2D eigenvalue weighted by Gasteiger charge is 2.60. The standard InChI is InChI=1S/C21H27BrN6O3/c1-13-16(10-24-26(13)2)9-23-18(29)8-20-4-14-3-15(5-20)7-21(6-14,12-20)27-11-17(22)19(25-27)28(30)31/h10-11,14-15H,3-9,12H2,1-2H3,(H,23,29). The minimum atomic E-state index is -0.440. The van der Waals surface area contributed by atoms with Crippen LogP contribution in [-0.4, -0.2) is 30.4 Å². The maximum absolute atomic E-state index is 12.9. The lowest BCUT2D eigenvalue weighted by molar-refractivity contribution is -0.390. The molecule has 6 rings (SSSR count). The largest absolute Gasteiger partial charge is 0.404 e. The smallest absolute Gasteiger partial charge is 0.358 e. The van der Waals surface area contributed by atoms with Crippen LogP contribution >= 0.6 is 15.9 Å². The second-order valence-corrected chi connectivity index (χ2v) is 10.9. The van der Waals surface area contributed by atoms with E-state index in [-0.39, 0.29) is 22.7 Å². The number of hydrogen-bond acceptors (Lipinski definition) is 5. The lowest BCUT2D eigenvalue weighted by atomic mass is 9.46. The molecule has 2 unspecified atom stereocenters. The molecular weight excluding hydrogens is 464 g/mol. The van der Waals surface area contributed by atoms with E-state index >= 15 is 0 Å². The molecule has 0 aromatic carbocycles. The summed E-state index contributed by atoms with van der Waals surface area (Å²) in [5.74, 6) is 1.05. The molecule has 2 aromatic rings. The Hall–Kier alpha value is -2.23. The van der Waals surface area contributed by atoms with Crippen molar-refractivity contribution in [1.82, 2.24) is 24.9 Å². The predicted molar refractivity (Wildman–Crippen MR) is 116 cm³/mol. The van der Waals surface area contributed by atoms with Crippen molar-refractivity contribution in [3.05, 3.63) is 38.2 Å². The second kappa shape index (κ2) is 7.15. The first-order valence-electron chi connectivity index (χ1n) is 10.8. The maximum atomic E-state index is 12.9. The van der Waals surface area contributed by atoms with E-state index in [9.17, 15) is 14.9 Å². The van der Waals surface area contributed by atoms with Crippen LogP contribution in [-0.2, 0) is 23.9 Å². The number of hydrogen-bond donors (Lipinski definition) is 1. The zero-order valence-corrected chi connectivity index (χ0v) is 19.4. The highest BCUT2D eigenvalue weighted by molar-refractivity contribution is 9.10. The number of halogens is 1. The number of amides is 1. The van der Waals surface area contributed by atoms with E-state index in [0.717, 1.165) is 43.4 Å². The van der Waals surface area contributed by atoms with Gasteiger partial charge in [0, 0.05) is 31.3 Å². The number of carbonyl (C=O) groups is 1. The number of aromatic nitrogens is 4. The molecule has 0 radical (unpaired) electrons. The van der Waals surface area contributed by atoms with E-state index in [1.807, 2.05) is 23.3 Å². The number of rotatable bonds is 6. The van der Waals surface area contributed by atoms with Gasteiger partial charge in [-0.05, 0) is 83.6 Å². The molecule has 2 atom stereocenters. The van der Waals surface area contributed by atoms with Crippen LogP contribution in [0.3, 0.4) is 0 Å². The Bertz CT molecular complexity index is 1050. The molecule has 9 nitrogen and oxygen atoms in total. The van der Waals surface area contributed by atoms with Crippen LogP contribution in [0.15, 0.2) is 16.9 Å². The van der Waals surface area contributed by atoms with Gasteiger partial charge in [0.25, 0.3) is 0 Å². The predicted octanol–water partition coefficient (Wildman–Crippen LogP) is 3.60. The van der Waals surface area contributed by atoms with E-state index in [0.29, 0.717) is 29.3 Å².